The summed E-state index contributed by atoms with van der Waals surface area (Å²) in [5, 5.41) is 1.18. The van der Waals surface area contributed by atoms with Gasteiger partial charge in [-0.25, -0.2) is 0 Å². The van der Waals surface area contributed by atoms with Crippen molar-refractivity contribution in [1.29, 1.82) is 0 Å². The van der Waals surface area contributed by atoms with E-state index in [0.717, 1.165) is 12.1 Å². The normalized spacial score (nSPS) is 19.1. The van der Waals surface area contributed by atoms with Crippen LogP contribution in [0, 0.1) is 0 Å². The number of hydrogen-bond acceptors (Lipinski definition) is 3. The van der Waals surface area contributed by atoms with Gasteiger partial charge >= 0.3 is 53.6 Å². The van der Waals surface area contributed by atoms with Crippen molar-refractivity contribution in [1.82, 2.24) is 0 Å². The predicted molar refractivity (Wildman–Crippen MR) is 113 cm³/mol. The first kappa shape index (κ1) is 33.7. The highest BCUT2D eigenvalue weighted by molar-refractivity contribution is 7.26. The van der Waals surface area contributed by atoms with Gasteiger partial charge in [-0.15, -0.1) is 34.0 Å². The summed E-state index contributed by atoms with van der Waals surface area (Å²) in [5.74, 6) is -56.4. The first-order valence-corrected chi connectivity index (χ1v) is 13.0. The lowest BCUT2D eigenvalue weighted by Crippen LogP contribution is -2.69. The molecule has 0 nitrogen and oxygen atoms in total. The Morgan fingerprint density at radius 3 is 1.42 bits per heavy atom. The fourth-order valence-corrected chi connectivity index (χ4v) is 7.20. The Hall–Kier alpha value is -2.23. The summed E-state index contributed by atoms with van der Waals surface area (Å²) in [6.07, 6.45) is -7.64. The van der Waals surface area contributed by atoms with Crippen molar-refractivity contribution >= 4 is 34.0 Å². The van der Waals surface area contributed by atoms with Crippen molar-refractivity contribution in [3.63, 3.8) is 0 Å². The maximum Gasteiger partial charge on any atom is 0.460 e. The Morgan fingerprint density at radius 2 is 0.977 bits per heavy atom. The second kappa shape index (κ2) is 9.16. The molecular formula is C21H5F19S3. The van der Waals surface area contributed by atoms with Crippen LogP contribution >= 0.6 is 34.0 Å². The largest absolute Gasteiger partial charge is 0.460 e. The SMILES string of the molecule is FC(F)(F)C(F)(F)C(F)(F)C(F)(F)C(F)(F)C(F)(F)c1ccc(-c2sc(-c3cccs3)c3c2C(F)(F)C(F)(F)C3(F)F)s1. The molecule has 0 fully saturated rings. The first-order chi connectivity index (χ1) is 19.0. The molecule has 0 N–H and O–H groups in total. The standard InChI is InChI=1S/C21H5F19S3/c22-13(23,17(30,31)18(32,33)19(34,35)20(36,37)21(38,39)40)8-4-3-7(42-8)12-10-9(11(43-12)6-2-1-5-41-6)14(24,25)16(28,29)15(10,26)27/h1-5H. The summed E-state index contributed by atoms with van der Waals surface area (Å²) in [4.78, 5) is -6.52. The van der Waals surface area contributed by atoms with Crippen LogP contribution in [0.4, 0.5) is 83.4 Å². The highest BCUT2D eigenvalue weighted by atomic mass is 32.1. The average Bonchev–Trinajstić information content (AvgIpc) is 3.62. The minimum absolute atomic E-state index is 0.0552. The highest BCUT2D eigenvalue weighted by Crippen LogP contribution is 2.69. The summed E-state index contributed by atoms with van der Waals surface area (Å²) in [6, 6.07) is 1.82. The van der Waals surface area contributed by atoms with Crippen molar-refractivity contribution < 1.29 is 83.4 Å². The molecule has 43 heavy (non-hydrogen) atoms. The molecule has 0 atom stereocenters. The van der Waals surface area contributed by atoms with Gasteiger partial charge in [0.25, 0.3) is 0 Å². The molecule has 0 amide bonds. The van der Waals surface area contributed by atoms with Crippen LogP contribution < -0.4 is 0 Å². The first-order valence-electron chi connectivity index (χ1n) is 10.5. The molecule has 3 aromatic heterocycles. The van der Waals surface area contributed by atoms with Crippen LogP contribution in [0.3, 0.4) is 0 Å². The van der Waals surface area contributed by atoms with Crippen LogP contribution in [-0.4, -0.2) is 35.8 Å². The molecule has 3 aromatic rings. The van der Waals surface area contributed by atoms with E-state index in [9.17, 15) is 83.4 Å². The Balaban J connectivity index is 1.88. The minimum atomic E-state index is -8.20. The summed E-state index contributed by atoms with van der Waals surface area (Å²) < 4.78 is 263. The van der Waals surface area contributed by atoms with E-state index in [1.807, 2.05) is 0 Å². The van der Waals surface area contributed by atoms with Gasteiger partial charge < -0.3 is 0 Å². The van der Waals surface area contributed by atoms with Gasteiger partial charge in [0, 0.05) is 9.75 Å². The molecule has 3 heterocycles. The lowest BCUT2D eigenvalue weighted by molar-refractivity contribution is -0.441. The van der Waals surface area contributed by atoms with E-state index < -0.39 is 95.5 Å². The summed E-state index contributed by atoms with van der Waals surface area (Å²) in [7, 11) is 0. The average molecular weight is 714 g/mol. The fraction of sp³-hybridized carbons (Fsp3) is 0.429. The van der Waals surface area contributed by atoms with Gasteiger partial charge in [-0.3, -0.25) is 0 Å². The molecule has 0 bridgehead atoms. The Kier molecular flexibility index (Phi) is 7.17. The molecule has 22 heteroatoms. The minimum Gasteiger partial charge on any atom is -0.194 e. The van der Waals surface area contributed by atoms with Gasteiger partial charge in [0.05, 0.1) is 25.8 Å². The molecule has 1 aliphatic carbocycles. The molecule has 0 aliphatic heterocycles. The molecule has 0 aromatic carbocycles. The Morgan fingerprint density at radius 1 is 0.512 bits per heavy atom. The van der Waals surface area contributed by atoms with Gasteiger partial charge in [-0.1, -0.05) is 6.07 Å². The molecule has 0 unspecified atom stereocenters. The van der Waals surface area contributed by atoms with Crippen LogP contribution in [0.25, 0.3) is 19.5 Å². The highest BCUT2D eigenvalue weighted by Gasteiger charge is 2.91. The Bertz CT molecular complexity index is 1520. The van der Waals surface area contributed by atoms with Crippen LogP contribution in [0.2, 0.25) is 0 Å². The second-order valence-corrected chi connectivity index (χ2v) is 11.8. The van der Waals surface area contributed by atoms with Crippen molar-refractivity contribution in [2.45, 2.75) is 53.6 Å². The van der Waals surface area contributed by atoms with Gasteiger partial charge in [-0.2, -0.15) is 83.4 Å². The summed E-state index contributed by atoms with van der Waals surface area (Å²) >= 11 is -0.613. The predicted octanol–water partition coefficient (Wildman–Crippen LogP) is 11.2. The van der Waals surface area contributed by atoms with Crippen LogP contribution in [0.15, 0.2) is 29.6 Å². The Labute approximate surface area is 236 Å². The molecule has 0 saturated carbocycles. The molecular weight excluding hydrogens is 709 g/mol. The molecule has 1 aliphatic rings. The van der Waals surface area contributed by atoms with Gasteiger partial charge in [0.2, 0.25) is 0 Å². The van der Waals surface area contributed by atoms with E-state index in [1.54, 1.807) is 0 Å². The number of hydrogen-bond donors (Lipinski definition) is 0. The van der Waals surface area contributed by atoms with Crippen molar-refractivity contribution in [3.8, 4) is 19.5 Å². The van der Waals surface area contributed by atoms with Crippen LogP contribution in [-0.2, 0) is 17.8 Å². The third-order valence-electron chi connectivity index (χ3n) is 6.14. The molecule has 240 valence electrons. The molecule has 0 saturated heterocycles. The van der Waals surface area contributed by atoms with Gasteiger partial charge in [0.1, 0.15) is 0 Å². The number of thiophene rings is 3. The zero-order chi connectivity index (χ0) is 33.2. The molecule has 0 spiro atoms. The van der Waals surface area contributed by atoms with Crippen LogP contribution in [0.5, 0.6) is 0 Å². The lowest BCUT2D eigenvalue weighted by Gasteiger charge is -2.39. The second-order valence-electron chi connectivity index (χ2n) is 8.74. The third-order valence-corrected chi connectivity index (χ3v) is 9.72. The quantitative estimate of drug-likeness (QED) is 0.214. The van der Waals surface area contributed by atoms with Crippen LogP contribution in [0.1, 0.15) is 16.0 Å². The maximum atomic E-state index is 14.7. The fourth-order valence-electron chi connectivity index (χ4n) is 3.85. The van der Waals surface area contributed by atoms with E-state index in [0.29, 0.717) is 11.3 Å². The molecule has 0 radical (unpaired) electrons. The van der Waals surface area contributed by atoms with E-state index in [4.69, 9.17) is 0 Å². The van der Waals surface area contributed by atoms with Gasteiger partial charge in [-0.05, 0) is 23.6 Å². The number of alkyl halides is 19. The lowest BCUT2D eigenvalue weighted by atomic mass is 9.93. The summed E-state index contributed by atoms with van der Waals surface area (Å²) in [5.41, 5.74) is -4.15. The van der Waals surface area contributed by atoms with E-state index in [2.05, 4.69) is 0 Å². The molecule has 4 rings (SSSR count). The zero-order valence-electron chi connectivity index (χ0n) is 19.3. The summed E-state index contributed by atoms with van der Waals surface area (Å²) in [6.45, 7) is 0. The number of rotatable bonds is 7. The van der Waals surface area contributed by atoms with Gasteiger partial charge in [0.15, 0.2) is 0 Å². The van der Waals surface area contributed by atoms with Crippen molar-refractivity contribution in [2.75, 3.05) is 0 Å². The number of fused-ring (bicyclic) bond motifs is 1. The van der Waals surface area contributed by atoms with E-state index in [1.165, 1.54) is 5.38 Å². The van der Waals surface area contributed by atoms with E-state index in [-0.39, 0.29) is 28.3 Å². The monoisotopic (exact) mass is 714 g/mol. The third kappa shape index (κ3) is 4.02. The topological polar surface area (TPSA) is 0 Å². The van der Waals surface area contributed by atoms with Crippen molar-refractivity contribution in [3.05, 3.63) is 45.6 Å². The van der Waals surface area contributed by atoms with Crippen molar-refractivity contribution in [2.24, 2.45) is 0 Å². The zero-order valence-corrected chi connectivity index (χ0v) is 21.7. The number of halogens is 19. The maximum absolute atomic E-state index is 14.7. The van der Waals surface area contributed by atoms with E-state index >= 15 is 0 Å². The smallest absolute Gasteiger partial charge is 0.194 e.